The lowest BCUT2D eigenvalue weighted by Gasteiger charge is -2.28. The summed E-state index contributed by atoms with van der Waals surface area (Å²) in [5.41, 5.74) is 3.81. The standard InChI is InChI=1S/C15H23N3O/c1-15(2,3)13(19-4)14-17-11-8-16-7-10(11)12(18-14)9-5-6-9/h9,13,16H,5-8H2,1-4H3. The zero-order chi connectivity index (χ0) is 13.6. The number of aromatic nitrogens is 2. The van der Waals surface area contributed by atoms with E-state index in [0.29, 0.717) is 5.92 Å². The third kappa shape index (κ3) is 2.39. The fourth-order valence-electron chi connectivity index (χ4n) is 2.87. The molecule has 0 aromatic carbocycles. The predicted octanol–water partition coefficient (Wildman–Crippen LogP) is 2.69. The molecule has 2 aliphatic rings. The molecule has 1 unspecified atom stereocenters. The lowest BCUT2D eigenvalue weighted by molar-refractivity contribution is 0.00835. The maximum atomic E-state index is 5.67. The van der Waals surface area contributed by atoms with Crippen molar-refractivity contribution in [3.05, 3.63) is 22.8 Å². The zero-order valence-corrected chi connectivity index (χ0v) is 12.3. The van der Waals surface area contributed by atoms with Crippen LogP contribution in [-0.4, -0.2) is 17.1 Å². The van der Waals surface area contributed by atoms with Crippen LogP contribution >= 0.6 is 0 Å². The van der Waals surface area contributed by atoms with Crippen molar-refractivity contribution in [3.8, 4) is 0 Å². The Hall–Kier alpha value is -1.00. The largest absolute Gasteiger partial charge is 0.373 e. The van der Waals surface area contributed by atoms with Gasteiger partial charge in [0.1, 0.15) is 6.10 Å². The van der Waals surface area contributed by atoms with Gasteiger partial charge in [-0.25, -0.2) is 9.97 Å². The molecule has 4 nitrogen and oxygen atoms in total. The van der Waals surface area contributed by atoms with Crippen LogP contribution in [0.25, 0.3) is 0 Å². The molecule has 104 valence electrons. The minimum atomic E-state index is -0.0455. The second-order valence-electron chi connectivity index (χ2n) is 6.75. The molecule has 1 N–H and O–H groups in total. The molecule has 1 fully saturated rings. The molecule has 0 spiro atoms. The number of methoxy groups -OCH3 is 1. The number of nitrogens with one attached hydrogen (secondary N) is 1. The van der Waals surface area contributed by atoms with E-state index in [-0.39, 0.29) is 11.5 Å². The fourth-order valence-corrected chi connectivity index (χ4v) is 2.87. The fraction of sp³-hybridized carbons (Fsp3) is 0.733. The summed E-state index contributed by atoms with van der Waals surface area (Å²) in [6, 6.07) is 0. The van der Waals surface area contributed by atoms with Crippen LogP contribution < -0.4 is 5.32 Å². The second-order valence-corrected chi connectivity index (χ2v) is 6.75. The van der Waals surface area contributed by atoms with E-state index in [1.807, 2.05) is 0 Å². The predicted molar refractivity (Wildman–Crippen MR) is 73.8 cm³/mol. The molecule has 1 saturated carbocycles. The highest BCUT2D eigenvalue weighted by Gasteiger charge is 2.35. The minimum absolute atomic E-state index is 0.00976. The second kappa shape index (κ2) is 4.53. The van der Waals surface area contributed by atoms with Gasteiger partial charge in [0, 0.05) is 31.7 Å². The molecule has 1 aliphatic carbocycles. The van der Waals surface area contributed by atoms with Crippen LogP contribution in [0.4, 0.5) is 0 Å². The van der Waals surface area contributed by atoms with Crippen LogP contribution in [0, 0.1) is 5.41 Å². The third-order valence-corrected chi connectivity index (χ3v) is 3.96. The highest BCUT2D eigenvalue weighted by Crippen LogP contribution is 2.43. The van der Waals surface area contributed by atoms with Gasteiger partial charge >= 0.3 is 0 Å². The highest BCUT2D eigenvalue weighted by molar-refractivity contribution is 5.34. The van der Waals surface area contributed by atoms with E-state index < -0.39 is 0 Å². The van der Waals surface area contributed by atoms with Gasteiger partial charge in [0.05, 0.1) is 11.4 Å². The Labute approximate surface area is 115 Å². The first-order valence-corrected chi connectivity index (χ1v) is 7.14. The lowest BCUT2D eigenvalue weighted by atomic mass is 9.88. The maximum absolute atomic E-state index is 5.67. The van der Waals surface area contributed by atoms with Gasteiger partial charge in [0.25, 0.3) is 0 Å². The van der Waals surface area contributed by atoms with Gasteiger partial charge in [-0.05, 0) is 18.3 Å². The van der Waals surface area contributed by atoms with Gasteiger partial charge in [-0.1, -0.05) is 20.8 Å². The molecule has 0 amide bonds. The van der Waals surface area contributed by atoms with E-state index in [0.717, 1.165) is 18.9 Å². The molecule has 0 saturated heterocycles. The molecular formula is C15H23N3O. The summed E-state index contributed by atoms with van der Waals surface area (Å²) in [6.45, 7) is 8.31. The summed E-state index contributed by atoms with van der Waals surface area (Å²) in [7, 11) is 1.75. The number of hydrogen-bond donors (Lipinski definition) is 1. The number of fused-ring (bicyclic) bond motifs is 1. The van der Waals surface area contributed by atoms with Crippen molar-refractivity contribution < 1.29 is 4.74 Å². The molecule has 19 heavy (non-hydrogen) atoms. The van der Waals surface area contributed by atoms with Gasteiger partial charge in [-0.2, -0.15) is 0 Å². The van der Waals surface area contributed by atoms with Crippen molar-refractivity contribution >= 4 is 0 Å². The van der Waals surface area contributed by atoms with E-state index in [9.17, 15) is 0 Å². The molecule has 1 aromatic heterocycles. The average Bonchev–Trinajstić information content (AvgIpc) is 3.06. The monoisotopic (exact) mass is 261 g/mol. The highest BCUT2D eigenvalue weighted by atomic mass is 16.5. The van der Waals surface area contributed by atoms with Crippen molar-refractivity contribution in [3.63, 3.8) is 0 Å². The summed E-state index contributed by atoms with van der Waals surface area (Å²) >= 11 is 0. The molecule has 4 heteroatoms. The Morgan fingerprint density at radius 3 is 2.53 bits per heavy atom. The first-order valence-electron chi connectivity index (χ1n) is 7.14. The van der Waals surface area contributed by atoms with E-state index in [1.165, 1.54) is 29.8 Å². The topological polar surface area (TPSA) is 47.0 Å². The first kappa shape index (κ1) is 13.0. The van der Waals surface area contributed by atoms with Gasteiger partial charge in [-0.15, -0.1) is 0 Å². The summed E-state index contributed by atoms with van der Waals surface area (Å²) in [4.78, 5) is 9.63. The van der Waals surface area contributed by atoms with Crippen molar-refractivity contribution in [1.82, 2.24) is 15.3 Å². The van der Waals surface area contributed by atoms with Crippen LogP contribution in [0.3, 0.4) is 0 Å². The molecule has 2 heterocycles. The summed E-state index contributed by atoms with van der Waals surface area (Å²) < 4.78 is 5.67. The Kier molecular flexibility index (Phi) is 3.10. The molecular weight excluding hydrogens is 238 g/mol. The molecule has 1 atom stereocenters. The van der Waals surface area contributed by atoms with Crippen LogP contribution in [-0.2, 0) is 17.8 Å². The van der Waals surface area contributed by atoms with Gasteiger partial charge in [-0.3, -0.25) is 0 Å². The van der Waals surface area contributed by atoms with Crippen molar-refractivity contribution in [1.29, 1.82) is 0 Å². The van der Waals surface area contributed by atoms with Crippen LogP contribution in [0.5, 0.6) is 0 Å². The third-order valence-electron chi connectivity index (χ3n) is 3.96. The Bertz CT molecular complexity index is 489. The van der Waals surface area contributed by atoms with E-state index in [4.69, 9.17) is 14.7 Å². The van der Waals surface area contributed by atoms with Crippen LogP contribution in [0.2, 0.25) is 0 Å². The number of ether oxygens (including phenoxy) is 1. The first-order chi connectivity index (χ1) is 9.00. The molecule has 0 radical (unpaired) electrons. The average molecular weight is 261 g/mol. The number of nitrogens with zero attached hydrogens (tertiary/aromatic N) is 2. The van der Waals surface area contributed by atoms with Crippen LogP contribution in [0.1, 0.15) is 68.4 Å². The van der Waals surface area contributed by atoms with Gasteiger partial charge in [0.2, 0.25) is 0 Å². The molecule has 0 bridgehead atoms. The Balaban J connectivity index is 2.04. The lowest BCUT2D eigenvalue weighted by Crippen LogP contribution is -2.23. The van der Waals surface area contributed by atoms with Crippen molar-refractivity contribution in [2.24, 2.45) is 5.41 Å². The maximum Gasteiger partial charge on any atom is 0.158 e. The molecule has 3 rings (SSSR count). The zero-order valence-electron chi connectivity index (χ0n) is 12.3. The number of rotatable bonds is 3. The quantitative estimate of drug-likeness (QED) is 0.908. The van der Waals surface area contributed by atoms with Crippen molar-refractivity contribution in [2.75, 3.05) is 7.11 Å². The molecule has 1 aromatic rings. The van der Waals surface area contributed by atoms with E-state index in [1.54, 1.807) is 7.11 Å². The van der Waals surface area contributed by atoms with Crippen LogP contribution in [0.15, 0.2) is 0 Å². The van der Waals surface area contributed by atoms with Gasteiger partial charge < -0.3 is 10.1 Å². The van der Waals surface area contributed by atoms with Crippen molar-refractivity contribution in [2.45, 2.75) is 58.7 Å². The summed E-state index contributed by atoms with van der Waals surface area (Å²) in [5.74, 6) is 1.52. The minimum Gasteiger partial charge on any atom is -0.373 e. The summed E-state index contributed by atoms with van der Waals surface area (Å²) in [6.07, 6.45) is 2.50. The Morgan fingerprint density at radius 2 is 1.95 bits per heavy atom. The van der Waals surface area contributed by atoms with E-state index >= 15 is 0 Å². The smallest absolute Gasteiger partial charge is 0.158 e. The SMILES string of the molecule is COC(c1nc2c(c(C3CC3)n1)CNC2)C(C)(C)C. The number of hydrogen-bond acceptors (Lipinski definition) is 4. The summed E-state index contributed by atoms with van der Waals surface area (Å²) in [5, 5.41) is 3.39. The van der Waals surface area contributed by atoms with Gasteiger partial charge in [0.15, 0.2) is 5.82 Å². The normalized spacial score (nSPS) is 20.4. The Morgan fingerprint density at radius 1 is 1.21 bits per heavy atom. The molecule has 1 aliphatic heterocycles. The van der Waals surface area contributed by atoms with E-state index in [2.05, 4.69) is 26.1 Å².